The first-order valence-electron chi connectivity index (χ1n) is 18.1. The molecule has 2 aliphatic heterocycles. The van der Waals surface area contributed by atoms with Gasteiger partial charge in [-0.05, 0) is 134 Å². The number of hydrogen-bond acceptors (Lipinski definition) is 5. The Hall–Kier alpha value is -3.13. The second-order valence-corrected chi connectivity index (χ2v) is 16.1. The van der Waals surface area contributed by atoms with Crippen LogP contribution in [0.15, 0.2) is 75.4 Å². The van der Waals surface area contributed by atoms with Crippen LogP contribution < -0.4 is 5.56 Å². The molecular formula is C41H45BrN4OS. The molecule has 4 heterocycles. The number of benzene rings is 3. The van der Waals surface area contributed by atoms with Crippen LogP contribution in [0.25, 0.3) is 27.0 Å². The van der Waals surface area contributed by atoms with Gasteiger partial charge in [-0.3, -0.25) is 9.36 Å². The third-order valence-corrected chi connectivity index (χ3v) is 13.1. The molecule has 5 aromatic rings. The minimum absolute atomic E-state index is 0.109. The number of halogens is 1. The van der Waals surface area contributed by atoms with Crippen molar-refractivity contribution in [3.05, 3.63) is 109 Å². The minimum atomic E-state index is -0.142. The van der Waals surface area contributed by atoms with Crippen molar-refractivity contribution in [2.24, 2.45) is 0 Å². The van der Waals surface area contributed by atoms with Crippen molar-refractivity contribution in [3.8, 4) is 16.1 Å². The number of likely N-dealkylation sites (tertiary alicyclic amines) is 1. The van der Waals surface area contributed by atoms with E-state index in [1.807, 2.05) is 17.6 Å². The molecule has 1 spiro atoms. The van der Waals surface area contributed by atoms with Gasteiger partial charge < -0.3 is 4.90 Å². The van der Waals surface area contributed by atoms with Crippen LogP contribution in [0, 0.1) is 6.92 Å². The summed E-state index contributed by atoms with van der Waals surface area (Å²) in [7, 11) is 0. The molecule has 0 amide bonds. The molecular weight excluding hydrogens is 676 g/mol. The number of nitrogens with zero attached hydrogens (tertiary/aromatic N) is 4. The molecule has 1 saturated heterocycles. The highest BCUT2D eigenvalue weighted by atomic mass is 79.9. The van der Waals surface area contributed by atoms with E-state index in [-0.39, 0.29) is 11.0 Å². The van der Waals surface area contributed by atoms with Gasteiger partial charge in [0.05, 0.1) is 38.1 Å². The average Bonchev–Trinajstić information content (AvgIpc) is 3.65. The van der Waals surface area contributed by atoms with Crippen molar-refractivity contribution in [1.29, 1.82) is 0 Å². The molecule has 5 nitrogen and oxygen atoms in total. The van der Waals surface area contributed by atoms with Crippen LogP contribution in [0.3, 0.4) is 0 Å². The Morgan fingerprint density at radius 1 is 0.938 bits per heavy atom. The molecule has 1 saturated carbocycles. The standard InChI is InChI=1S/C41H45BrN4OS/c1-28-38(48-27-43-28)31-15-13-29(14-16-31)10-5-2-3-8-23-45-24-19-30(20-25-45)32-17-18-33-36(26-32)46-35-12-9-11-34(42)37(35)39(47)44-40(46)41(33)21-6-4-7-22-41/h9,11-18,26-27,30H,2-8,10,19-25H2,1H3. The number of piperidine rings is 1. The lowest BCUT2D eigenvalue weighted by Gasteiger charge is -2.34. The van der Waals surface area contributed by atoms with E-state index in [1.165, 1.54) is 117 Å². The van der Waals surface area contributed by atoms with E-state index in [0.717, 1.165) is 34.3 Å². The summed E-state index contributed by atoms with van der Waals surface area (Å²) in [6, 6.07) is 22.5. The highest BCUT2D eigenvalue weighted by molar-refractivity contribution is 9.10. The van der Waals surface area contributed by atoms with Gasteiger partial charge in [-0.2, -0.15) is 4.98 Å². The lowest BCUT2D eigenvalue weighted by molar-refractivity contribution is 0.208. The van der Waals surface area contributed by atoms with Crippen molar-refractivity contribution < 1.29 is 0 Å². The lowest BCUT2D eigenvalue weighted by atomic mass is 9.69. The molecule has 0 radical (unpaired) electrons. The Labute approximate surface area is 296 Å². The zero-order chi connectivity index (χ0) is 32.7. The largest absolute Gasteiger partial charge is 0.303 e. The van der Waals surface area contributed by atoms with E-state index in [9.17, 15) is 4.79 Å². The van der Waals surface area contributed by atoms with E-state index in [1.54, 1.807) is 11.3 Å². The van der Waals surface area contributed by atoms with E-state index in [2.05, 4.69) is 85.8 Å². The molecule has 3 aromatic carbocycles. The van der Waals surface area contributed by atoms with Gasteiger partial charge in [-0.25, -0.2) is 4.98 Å². The Bertz CT molecular complexity index is 1980. The summed E-state index contributed by atoms with van der Waals surface area (Å²) in [6.07, 6.45) is 14.5. The molecule has 0 bridgehead atoms. The Morgan fingerprint density at radius 2 is 1.73 bits per heavy atom. The Kier molecular flexibility index (Phi) is 9.12. The number of fused-ring (bicyclic) bond motifs is 7. The number of unbranched alkanes of at least 4 members (excludes halogenated alkanes) is 3. The van der Waals surface area contributed by atoms with Crippen molar-refractivity contribution in [2.75, 3.05) is 19.6 Å². The topological polar surface area (TPSA) is 51.0 Å². The molecule has 0 atom stereocenters. The molecule has 0 N–H and O–H groups in total. The molecule has 2 aromatic heterocycles. The quantitative estimate of drug-likeness (QED) is 0.142. The van der Waals surface area contributed by atoms with Crippen LogP contribution in [0.1, 0.15) is 105 Å². The normalized spacial score (nSPS) is 17.6. The maximum absolute atomic E-state index is 13.4. The van der Waals surface area contributed by atoms with Gasteiger partial charge in [0.25, 0.3) is 5.56 Å². The van der Waals surface area contributed by atoms with Crippen LogP contribution in [-0.4, -0.2) is 39.1 Å². The predicted octanol–water partition coefficient (Wildman–Crippen LogP) is 10.1. The van der Waals surface area contributed by atoms with Gasteiger partial charge in [-0.15, -0.1) is 11.3 Å². The summed E-state index contributed by atoms with van der Waals surface area (Å²) in [6.45, 7) is 5.66. The van der Waals surface area contributed by atoms with Gasteiger partial charge in [-0.1, -0.05) is 74.6 Å². The van der Waals surface area contributed by atoms with E-state index in [0.29, 0.717) is 11.3 Å². The first-order chi connectivity index (χ1) is 23.5. The molecule has 248 valence electrons. The second kappa shape index (κ2) is 13.6. The van der Waals surface area contributed by atoms with Crippen molar-refractivity contribution in [2.45, 2.75) is 95.3 Å². The fraction of sp³-hybridized carbons (Fsp3) is 0.439. The molecule has 8 rings (SSSR count). The third-order valence-electron chi connectivity index (χ3n) is 11.5. The Morgan fingerprint density at radius 3 is 2.50 bits per heavy atom. The number of hydrogen-bond donors (Lipinski definition) is 0. The fourth-order valence-electron chi connectivity index (χ4n) is 8.86. The highest BCUT2D eigenvalue weighted by Gasteiger charge is 2.46. The number of aromatic nitrogens is 3. The first-order valence-corrected chi connectivity index (χ1v) is 19.8. The van der Waals surface area contributed by atoms with Gasteiger partial charge >= 0.3 is 0 Å². The summed E-state index contributed by atoms with van der Waals surface area (Å²) in [4.78, 5) is 26.6. The summed E-state index contributed by atoms with van der Waals surface area (Å²) in [5.74, 6) is 1.55. The van der Waals surface area contributed by atoms with Crippen molar-refractivity contribution >= 4 is 38.2 Å². The zero-order valence-electron chi connectivity index (χ0n) is 28.0. The molecule has 48 heavy (non-hydrogen) atoms. The molecule has 3 aliphatic rings. The van der Waals surface area contributed by atoms with Crippen molar-refractivity contribution in [1.82, 2.24) is 19.4 Å². The van der Waals surface area contributed by atoms with Gasteiger partial charge in [0, 0.05) is 4.47 Å². The average molecular weight is 722 g/mol. The van der Waals surface area contributed by atoms with E-state index < -0.39 is 0 Å². The SMILES string of the molecule is Cc1ncsc1-c1ccc(CCCCCCN2CCC(c3ccc4c(c3)-n3c(nc(=O)c5c(Br)cccc53)C43CCCCC3)CC2)cc1. The van der Waals surface area contributed by atoms with Crippen LogP contribution >= 0.6 is 27.3 Å². The molecule has 2 fully saturated rings. The smallest absolute Gasteiger partial charge is 0.281 e. The molecule has 7 heteroatoms. The fourth-order valence-corrected chi connectivity index (χ4v) is 10.2. The lowest BCUT2D eigenvalue weighted by Crippen LogP contribution is -2.33. The maximum atomic E-state index is 13.4. The van der Waals surface area contributed by atoms with E-state index in [4.69, 9.17) is 4.98 Å². The zero-order valence-corrected chi connectivity index (χ0v) is 30.4. The highest BCUT2D eigenvalue weighted by Crippen LogP contribution is 2.52. The van der Waals surface area contributed by atoms with Gasteiger partial charge in [0.2, 0.25) is 0 Å². The van der Waals surface area contributed by atoms with Gasteiger partial charge in [0.15, 0.2) is 0 Å². The Balaban J connectivity index is 0.877. The second-order valence-electron chi connectivity index (χ2n) is 14.4. The van der Waals surface area contributed by atoms with Gasteiger partial charge in [0.1, 0.15) is 5.82 Å². The summed E-state index contributed by atoms with van der Waals surface area (Å²) in [5, 5.41) is 0.690. The monoisotopic (exact) mass is 720 g/mol. The van der Waals surface area contributed by atoms with Crippen LogP contribution in [0.4, 0.5) is 0 Å². The third kappa shape index (κ3) is 5.90. The summed E-state index contributed by atoms with van der Waals surface area (Å²) >= 11 is 5.38. The first kappa shape index (κ1) is 32.1. The van der Waals surface area contributed by atoms with Crippen LogP contribution in [0.5, 0.6) is 0 Å². The van der Waals surface area contributed by atoms with E-state index >= 15 is 0 Å². The van der Waals surface area contributed by atoms with Crippen LogP contribution in [0.2, 0.25) is 0 Å². The molecule has 0 unspecified atom stereocenters. The summed E-state index contributed by atoms with van der Waals surface area (Å²) in [5.41, 5.74) is 10.6. The predicted molar refractivity (Wildman–Crippen MR) is 202 cm³/mol. The maximum Gasteiger partial charge on any atom is 0.281 e. The molecule has 1 aliphatic carbocycles. The van der Waals surface area contributed by atoms with Crippen molar-refractivity contribution in [3.63, 3.8) is 0 Å². The minimum Gasteiger partial charge on any atom is -0.303 e. The number of aryl methyl sites for hydroxylation is 2. The summed E-state index contributed by atoms with van der Waals surface area (Å²) < 4.78 is 3.18. The van der Waals surface area contributed by atoms with Crippen LogP contribution in [-0.2, 0) is 11.8 Å². The number of thiazole rings is 1. The number of rotatable bonds is 9.